The Morgan fingerprint density at radius 3 is 1.09 bits per heavy atom. The average Bonchev–Trinajstić information content (AvgIpc) is 2.80. The van der Waals surface area contributed by atoms with E-state index < -0.39 is 0 Å². The molecule has 0 atom stereocenters. The molecule has 2 heteroatoms. The van der Waals surface area contributed by atoms with Crippen LogP contribution in [0.5, 0.6) is 0 Å². The predicted molar refractivity (Wildman–Crippen MR) is 154 cm³/mol. The fraction of sp³-hybridized carbons (Fsp3) is 0.600. The molecule has 0 bridgehead atoms. The monoisotopic (exact) mass is 470 g/mol. The topological polar surface area (TPSA) is 0 Å². The molecule has 0 aliphatic carbocycles. The molecule has 0 aliphatic heterocycles. The predicted octanol–water partition coefficient (Wildman–Crippen LogP) is 9.39. The molecule has 0 N–H and O–H groups in total. The lowest BCUT2D eigenvalue weighted by molar-refractivity contribution is 0.870. The smallest absolute Gasteiger partial charge is 0.00686 e. The Bertz CT molecular complexity index is 712. The van der Waals surface area contributed by atoms with Gasteiger partial charge in [-0.25, -0.2) is 0 Å². The number of unbranched alkanes of at least 4 members (excludes halogenated alkanes) is 4. The first kappa shape index (κ1) is 27.5. The van der Waals surface area contributed by atoms with Gasteiger partial charge in [-0.1, -0.05) is 106 Å². The summed E-state index contributed by atoms with van der Waals surface area (Å²) in [4.78, 5) is 0. The normalized spacial score (nSPS) is 11.6. The Balaban J connectivity index is 2.64. The maximum Gasteiger partial charge on any atom is -0.00686 e. The quantitative estimate of drug-likeness (QED) is 0.227. The number of hydrogen-bond donors (Lipinski definition) is 0. The van der Waals surface area contributed by atoms with Crippen LogP contribution in [-0.4, -0.2) is 24.6 Å². The van der Waals surface area contributed by atoms with Crippen LogP contribution >= 0.6 is 15.8 Å². The molecule has 0 saturated carbocycles. The Morgan fingerprint density at radius 2 is 0.812 bits per heavy atom. The van der Waals surface area contributed by atoms with Crippen LogP contribution in [-0.2, 0) is 0 Å². The van der Waals surface area contributed by atoms with E-state index in [0.29, 0.717) is 0 Å². The van der Waals surface area contributed by atoms with E-state index in [9.17, 15) is 0 Å². The van der Waals surface area contributed by atoms with Gasteiger partial charge in [0.2, 0.25) is 0 Å². The van der Waals surface area contributed by atoms with E-state index in [1.165, 1.54) is 87.1 Å². The molecule has 0 aliphatic rings. The van der Waals surface area contributed by atoms with Crippen molar-refractivity contribution in [3.63, 3.8) is 0 Å². The number of rotatable bonds is 15. The summed E-state index contributed by atoms with van der Waals surface area (Å²) in [7, 11) is -0.174. The van der Waals surface area contributed by atoms with E-state index in [-0.39, 0.29) is 15.8 Å². The highest BCUT2D eigenvalue weighted by molar-refractivity contribution is 7.66. The lowest BCUT2D eigenvalue weighted by Crippen LogP contribution is -2.18. The first-order valence-electron chi connectivity index (χ1n) is 13.3. The second-order valence-electron chi connectivity index (χ2n) is 9.33. The Kier molecular flexibility index (Phi) is 13.1. The molecule has 0 heterocycles. The SMILES string of the molecule is CCCCP(CCCC)c1cccc(C)c1-c1c(C)cccc1P(CCCC)CCCC. The molecular weight excluding hydrogens is 422 g/mol. The maximum absolute atomic E-state index is 2.50. The van der Waals surface area contributed by atoms with Crippen molar-refractivity contribution in [2.24, 2.45) is 0 Å². The van der Waals surface area contributed by atoms with Crippen molar-refractivity contribution in [1.82, 2.24) is 0 Å². The maximum atomic E-state index is 2.50. The van der Waals surface area contributed by atoms with Crippen molar-refractivity contribution in [3.8, 4) is 11.1 Å². The van der Waals surface area contributed by atoms with Crippen LogP contribution in [0.15, 0.2) is 36.4 Å². The molecule has 0 nitrogen and oxygen atoms in total. The van der Waals surface area contributed by atoms with E-state index in [2.05, 4.69) is 77.9 Å². The summed E-state index contributed by atoms with van der Waals surface area (Å²) in [5, 5.41) is 3.39. The van der Waals surface area contributed by atoms with Gasteiger partial charge in [-0.05, 0) is 97.0 Å². The van der Waals surface area contributed by atoms with Gasteiger partial charge in [0.05, 0.1) is 0 Å². The van der Waals surface area contributed by atoms with E-state index in [4.69, 9.17) is 0 Å². The minimum absolute atomic E-state index is 0.0869. The molecule has 32 heavy (non-hydrogen) atoms. The van der Waals surface area contributed by atoms with Gasteiger partial charge in [0, 0.05) is 0 Å². The molecular formula is C30H48P2. The van der Waals surface area contributed by atoms with Gasteiger partial charge in [-0.15, -0.1) is 0 Å². The van der Waals surface area contributed by atoms with Crippen molar-refractivity contribution in [2.45, 2.75) is 92.9 Å². The third-order valence-electron chi connectivity index (χ3n) is 6.56. The fourth-order valence-electron chi connectivity index (χ4n) is 4.58. The summed E-state index contributed by atoms with van der Waals surface area (Å²) in [6.45, 7) is 14.1. The highest BCUT2D eigenvalue weighted by Crippen LogP contribution is 2.45. The molecule has 2 aromatic carbocycles. The Morgan fingerprint density at radius 1 is 0.500 bits per heavy atom. The summed E-state index contributed by atoms with van der Waals surface area (Å²) < 4.78 is 0. The molecule has 178 valence electrons. The van der Waals surface area contributed by atoms with E-state index >= 15 is 0 Å². The summed E-state index contributed by atoms with van der Waals surface area (Å²) in [5.41, 5.74) is 6.19. The number of hydrogen-bond acceptors (Lipinski definition) is 0. The van der Waals surface area contributed by atoms with Gasteiger partial charge >= 0.3 is 0 Å². The standard InChI is InChI=1S/C30H48P2/c1-7-11-21-31(22-12-8-2)27-19-15-17-25(5)29(27)30-26(6)18-16-20-28(30)32(23-13-9-3)24-14-10-4/h15-20H,7-14,21-24H2,1-6H3. The average molecular weight is 471 g/mol. The molecule has 0 radical (unpaired) electrons. The van der Waals surface area contributed by atoms with Crippen molar-refractivity contribution < 1.29 is 0 Å². The first-order valence-corrected chi connectivity index (χ1v) is 16.7. The van der Waals surface area contributed by atoms with Crippen LogP contribution in [0.3, 0.4) is 0 Å². The first-order chi connectivity index (χ1) is 15.6. The van der Waals surface area contributed by atoms with Crippen LogP contribution in [0, 0.1) is 13.8 Å². The molecule has 0 aromatic heterocycles. The van der Waals surface area contributed by atoms with Crippen LogP contribution in [0.4, 0.5) is 0 Å². The minimum atomic E-state index is -0.0869. The molecule has 0 spiro atoms. The van der Waals surface area contributed by atoms with Crippen LogP contribution in [0.2, 0.25) is 0 Å². The number of aryl methyl sites for hydroxylation is 2. The molecule has 0 fully saturated rings. The van der Waals surface area contributed by atoms with Gasteiger partial charge in [0.25, 0.3) is 0 Å². The van der Waals surface area contributed by atoms with E-state index in [1.807, 2.05) is 0 Å². The largest absolute Gasteiger partial charge is 0.0746 e. The zero-order chi connectivity index (χ0) is 23.3. The molecule has 0 unspecified atom stereocenters. The number of benzene rings is 2. The molecule has 0 amide bonds. The van der Waals surface area contributed by atoms with Crippen LogP contribution in [0.1, 0.15) is 90.2 Å². The van der Waals surface area contributed by atoms with Crippen molar-refractivity contribution in [3.05, 3.63) is 47.5 Å². The van der Waals surface area contributed by atoms with Gasteiger partial charge in [0.1, 0.15) is 0 Å². The van der Waals surface area contributed by atoms with Crippen molar-refractivity contribution in [2.75, 3.05) is 24.6 Å². The summed E-state index contributed by atoms with van der Waals surface area (Å²) in [6.07, 6.45) is 16.3. The molecule has 2 rings (SSSR count). The van der Waals surface area contributed by atoms with E-state index in [1.54, 1.807) is 21.7 Å². The Labute approximate surface area is 202 Å². The summed E-state index contributed by atoms with van der Waals surface area (Å²) in [5.74, 6) is 0. The second kappa shape index (κ2) is 15.3. The van der Waals surface area contributed by atoms with Crippen molar-refractivity contribution in [1.29, 1.82) is 0 Å². The van der Waals surface area contributed by atoms with Crippen LogP contribution in [0.25, 0.3) is 11.1 Å². The Hall–Kier alpha value is -0.700. The fourth-order valence-corrected chi connectivity index (χ4v) is 10.6. The lowest BCUT2D eigenvalue weighted by atomic mass is 9.96. The second-order valence-corrected chi connectivity index (χ2v) is 14.2. The van der Waals surface area contributed by atoms with Gasteiger partial charge in [-0.2, -0.15) is 0 Å². The van der Waals surface area contributed by atoms with Gasteiger partial charge in [-0.3, -0.25) is 0 Å². The highest BCUT2D eigenvalue weighted by Gasteiger charge is 2.23. The van der Waals surface area contributed by atoms with Crippen LogP contribution < -0.4 is 10.6 Å². The lowest BCUT2D eigenvalue weighted by Gasteiger charge is -2.28. The zero-order valence-corrected chi connectivity index (χ0v) is 23.6. The zero-order valence-electron chi connectivity index (χ0n) is 21.8. The minimum Gasteiger partial charge on any atom is -0.0746 e. The third kappa shape index (κ3) is 7.67. The third-order valence-corrected chi connectivity index (χ3v) is 12.1. The molecule has 2 aromatic rings. The van der Waals surface area contributed by atoms with E-state index in [0.717, 1.165) is 0 Å². The highest BCUT2D eigenvalue weighted by atomic mass is 31.1. The van der Waals surface area contributed by atoms with Crippen molar-refractivity contribution >= 4 is 26.5 Å². The van der Waals surface area contributed by atoms with Gasteiger partial charge < -0.3 is 0 Å². The van der Waals surface area contributed by atoms with Gasteiger partial charge in [0.15, 0.2) is 0 Å². The summed E-state index contributed by atoms with van der Waals surface area (Å²) >= 11 is 0. The summed E-state index contributed by atoms with van der Waals surface area (Å²) in [6, 6.07) is 14.4. The molecule has 0 saturated heterocycles.